The molecule has 3 N–H and O–H groups in total. The molecule has 0 aliphatic heterocycles. The van der Waals surface area contributed by atoms with Gasteiger partial charge in [-0.3, -0.25) is 0 Å². The van der Waals surface area contributed by atoms with E-state index < -0.39 is 6.10 Å². The first kappa shape index (κ1) is 10.9. The summed E-state index contributed by atoms with van der Waals surface area (Å²) in [5.74, 6) is -0.338. The van der Waals surface area contributed by atoms with E-state index >= 15 is 0 Å². The Morgan fingerprint density at radius 3 is 2.50 bits per heavy atom. The third kappa shape index (κ3) is 2.64. The van der Waals surface area contributed by atoms with Crippen LogP contribution in [-0.2, 0) is 0 Å². The molecule has 1 atom stereocenters. The van der Waals surface area contributed by atoms with Gasteiger partial charge in [-0.25, -0.2) is 0 Å². The zero-order valence-corrected chi connectivity index (χ0v) is 8.27. The van der Waals surface area contributed by atoms with Crippen LogP contribution in [0.2, 0.25) is 0 Å². The number of phenols is 2. The Hall–Kier alpha value is -1.22. The minimum Gasteiger partial charge on any atom is -0.504 e. The van der Waals surface area contributed by atoms with Crippen LogP contribution in [0.3, 0.4) is 0 Å². The molecule has 1 aromatic rings. The lowest BCUT2D eigenvalue weighted by molar-refractivity contribution is 0.164. The summed E-state index contributed by atoms with van der Waals surface area (Å²) in [7, 11) is 0. The Kier molecular flexibility index (Phi) is 3.77. The van der Waals surface area contributed by atoms with Gasteiger partial charge in [0.1, 0.15) is 0 Å². The highest BCUT2D eigenvalue weighted by molar-refractivity contribution is 5.41. The van der Waals surface area contributed by atoms with E-state index in [1.54, 1.807) is 6.07 Å². The van der Waals surface area contributed by atoms with Gasteiger partial charge in [-0.15, -0.1) is 0 Å². The fraction of sp³-hybridized carbons (Fsp3) is 0.455. The number of aliphatic hydroxyl groups excluding tert-OH is 1. The Bertz CT molecular complexity index is 297. The highest BCUT2D eigenvalue weighted by Crippen LogP contribution is 2.29. The number of phenolic OH excluding ortho intramolecular Hbond substituents is 2. The largest absolute Gasteiger partial charge is 0.504 e. The standard InChI is InChI=1S/C11H16O3/c1-2-3-4-9(12)8-5-6-10(13)11(14)7-8/h5-7,9,12-14H,2-4H2,1H3/t9-/m1/s1. The summed E-state index contributed by atoms with van der Waals surface area (Å²) in [5.41, 5.74) is 0.647. The molecule has 1 rings (SSSR count). The van der Waals surface area contributed by atoms with E-state index in [1.807, 2.05) is 0 Å². The van der Waals surface area contributed by atoms with Crippen molar-refractivity contribution in [2.45, 2.75) is 32.3 Å². The van der Waals surface area contributed by atoms with Crippen LogP contribution in [-0.4, -0.2) is 15.3 Å². The summed E-state index contributed by atoms with van der Waals surface area (Å²) in [6.45, 7) is 2.06. The minimum absolute atomic E-state index is 0.156. The number of aromatic hydroxyl groups is 2. The van der Waals surface area contributed by atoms with Crippen LogP contribution in [0.15, 0.2) is 18.2 Å². The van der Waals surface area contributed by atoms with Crippen LogP contribution in [0.25, 0.3) is 0 Å². The van der Waals surface area contributed by atoms with E-state index in [2.05, 4.69) is 6.92 Å². The van der Waals surface area contributed by atoms with Crippen molar-refractivity contribution in [3.63, 3.8) is 0 Å². The number of hydrogen-bond donors (Lipinski definition) is 3. The zero-order chi connectivity index (χ0) is 10.6. The molecule has 0 amide bonds. The van der Waals surface area contributed by atoms with Crippen LogP contribution >= 0.6 is 0 Å². The first-order chi connectivity index (χ1) is 6.65. The van der Waals surface area contributed by atoms with Crippen molar-refractivity contribution in [3.8, 4) is 11.5 Å². The number of benzene rings is 1. The quantitative estimate of drug-likeness (QED) is 0.648. The van der Waals surface area contributed by atoms with E-state index in [0.717, 1.165) is 12.8 Å². The Morgan fingerprint density at radius 2 is 1.93 bits per heavy atom. The van der Waals surface area contributed by atoms with Crippen LogP contribution in [0, 0.1) is 0 Å². The fourth-order valence-electron chi connectivity index (χ4n) is 1.31. The molecule has 0 aliphatic carbocycles. The molecule has 0 heterocycles. The van der Waals surface area contributed by atoms with Gasteiger partial charge in [-0.2, -0.15) is 0 Å². The molecule has 0 bridgehead atoms. The summed E-state index contributed by atoms with van der Waals surface area (Å²) >= 11 is 0. The molecule has 0 fully saturated rings. The average molecular weight is 196 g/mol. The molecule has 0 aromatic heterocycles. The normalized spacial score (nSPS) is 12.7. The lowest BCUT2D eigenvalue weighted by Crippen LogP contribution is -1.96. The van der Waals surface area contributed by atoms with Crippen LogP contribution in [0.1, 0.15) is 37.9 Å². The maximum Gasteiger partial charge on any atom is 0.157 e. The summed E-state index contributed by atoms with van der Waals surface area (Å²) in [5, 5.41) is 28.0. The van der Waals surface area contributed by atoms with E-state index in [4.69, 9.17) is 5.11 Å². The molecule has 3 nitrogen and oxygen atoms in total. The molecular weight excluding hydrogens is 180 g/mol. The summed E-state index contributed by atoms with van der Waals surface area (Å²) in [6, 6.07) is 4.41. The monoisotopic (exact) mass is 196 g/mol. The molecule has 14 heavy (non-hydrogen) atoms. The summed E-state index contributed by atoms with van der Waals surface area (Å²) < 4.78 is 0. The molecule has 0 aliphatic rings. The lowest BCUT2D eigenvalue weighted by atomic mass is 10.0. The molecule has 0 saturated carbocycles. The van der Waals surface area contributed by atoms with Gasteiger partial charge in [0, 0.05) is 0 Å². The molecule has 1 aromatic carbocycles. The van der Waals surface area contributed by atoms with E-state index in [1.165, 1.54) is 12.1 Å². The van der Waals surface area contributed by atoms with Crippen molar-refractivity contribution >= 4 is 0 Å². The highest BCUT2D eigenvalue weighted by Gasteiger charge is 2.09. The second-order valence-electron chi connectivity index (χ2n) is 3.41. The van der Waals surface area contributed by atoms with Gasteiger partial charge >= 0.3 is 0 Å². The van der Waals surface area contributed by atoms with Gasteiger partial charge in [0.05, 0.1) is 6.10 Å². The molecule has 0 unspecified atom stereocenters. The van der Waals surface area contributed by atoms with Crippen LogP contribution in [0.4, 0.5) is 0 Å². The van der Waals surface area contributed by atoms with E-state index in [0.29, 0.717) is 12.0 Å². The third-order valence-corrected chi connectivity index (χ3v) is 2.22. The lowest BCUT2D eigenvalue weighted by Gasteiger charge is -2.10. The Balaban J connectivity index is 2.70. The van der Waals surface area contributed by atoms with Gasteiger partial charge in [-0.1, -0.05) is 25.8 Å². The van der Waals surface area contributed by atoms with Crippen LogP contribution in [0.5, 0.6) is 11.5 Å². The first-order valence-electron chi connectivity index (χ1n) is 4.85. The average Bonchev–Trinajstić information content (AvgIpc) is 2.18. The fourth-order valence-corrected chi connectivity index (χ4v) is 1.31. The van der Waals surface area contributed by atoms with Gasteiger partial charge < -0.3 is 15.3 Å². The number of hydrogen-bond acceptors (Lipinski definition) is 3. The van der Waals surface area contributed by atoms with E-state index in [9.17, 15) is 10.2 Å². The zero-order valence-electron chi connectivity index (χ0n) is 8.27. The molecule has 0 saturated heterocycles. The molecular formula is C11H16O3. The van der Waals surface area contributed by atoms with Crippen molar-refractivity contribution < 1.29 is 15.3 Å². The SMILES string of the molecule is CCCC[C@@H](O)c1ccc(O)c(O)c1. The molecule has 3 heteroatoms. The predicted molar refractivity (Wildman–Crippen MR) is 54.3 cm³/mol. The topological polar surface area (TPSA) is 60.7 Å². The second-order valence-corrected chi connectivity index (χ2v) is 3.41. The van der Waals surface area contributed by atoms with Gasteiger partial charge in [0.25, 0.3) is 0 Å². The summed E-state index contributed by atoms with van der Waals surface area (Å²) in [6.07, 6.45) is 2.10. The summed E-state index contributed by atoms with van der Waals surface area (Å²) in [4.78, 5) is 0. The predicted octanol–water partition coefficient (Wildman–Crippen LogP) is 2.32. The third-order valence-electron chi connectivity index (χ3n) is 2.22. The first-order valence-corrected chi connectivity index (χ1v) is 4.85. The Labute approximate surface area is 83.6 Å². The van der Waals surface area contributed by atoms with Crippen molar-refractivity contribution in [1.82, 2.24) is 0 Å². The van der Waals surface area contributed by atoms with Gasteiger partial charge in [-0.05, 0) is 24.1 Å². The number of unbranched alkanes of at least 4 members (excludes halogenated alkanes) is 1. The highest BCUT2D eigenvalue weighted by atomic mass is 16.3. The maximum absolute atomic E-state index is 9.67. The maximum atomic E-state index is 9.67. The molecule has 0 radical (unpaired) electrons. The molecule has 0 spiro atoms. The van der Waals surface area contributed by atoms with Gasteiger partial charge in [0.15, 0.2) is 11.5 Å². The Morgan fingerprint density at radius 1 is 1.21 bits per heavy atom. The van der Waals surface area contributed by atoms with Gasteiger partial charge in [0.2, 0.25) is 0 Å². The van der Waals surface area contributed by atoms with Crippen LogP contribution < -0.4 is 0 Å². The van der Waals surface area contributed by atoms with E-state index in [-0.39, 0.29) is 11.5 Å². The number of rotatable bonds is 4. The van der Waals surface area contributed by atoms with Crippen molar-refractivity contribution in [3.05, 3.63) is 23.8 Å². The van der Waals surface area contributed by atoms with Crippen molar-refractivity contribution in [1.29, 1.82) is 0 Å². The molecule has 78 valence electrons. The van der Waals surface area contributed by atoms with Crippen molar-refractivity contribution in [2.24, 2.45) is 0 Å². The second kappa shape index (κ2) is 4.86. The van der Waals surface area contributed by atoms with Crippen molar-refractivity contribution in [2.75, 3.05) is 0 Å². The minimum atomic E-state index is -0.554. The number of aliphatic hydroxyl groups is 1. The smallest absolute Gasteiger partial charge is 0.157 e.